The van der Waals surface area contributed by atoms with E-state index in [1.807, 2.05) is 27.1 Å². The average Bonchev–Trinajstić information content (AvgIpc) is 2.76. The summed E-state index contributed by atoms with van der Waals surface area (Å²) in [4.78, 5) is 16.2. The Hall–Kier alpha value is -2.17. The second-order valence-corrected chi connectivity index (χ2v) is 4.28. The Morgan fingerprint density at radius 1 is 1.50 bits per heavy atom. The molecule has 0 aliphatic carbocycles. The molecule has 0 spiro atoms. The summed E-state index contributed by atoms with van der Waals surface area (Å²) in [6.07, 6.45) is 5.32. The Balaban J connectivity index is 2.10. The Morgan fingerprint density at radius 3 is 2.89 bits per heavy atom. The number of pyridine rings is 1. The summed E-state index contributed by atoms with van der Waals surface area (Å²) in [5, 5.41) is 7.02. The van der Waals surface area contributed by atoms with Gasteiger partial charge in [-0.15, -0.1) is 0 Å². The van der Waals surface area contributed by atoms with E-state index >= 15 is 0 Å². The molecule has 2 rings (SSSR count). The van der Waals surface area contributed by atoms with E-state index in [9.17, 15) is 4.79 Å². The molecule has 0 saturated carbocycles. The second kappa shape index (κ2) is 5.00. The standard InChI is InChI=1S/C13H16N4O/c1-9(11-7-15-17(3)8-11)16-13(18)12-5-4-6-14-10(12)2/h4-9H,1-3H3,(H,16,18). The van der Waals surface area contributed by atoms with E-state index < -0.39 is 0 Å². The molecule has 1 amide bonds. The number of rotatable bonds is 3. The highest BCUT2D eigenvalue weighted by Crippen LogP contribution is 2.12. The molecular weight excluding hydrogens is 228 g/mol. The normalized spacial score (nSPS) is 12.2. The predicted molar refractivity (Wildman–Crippen MR) is 68.1 cm³/mol. The fourth-order valence-corrected chi connectivity index (χ4v) is 1.75. The van der Waals surface area contributed by atoms with Crippen molar-refractivity contribution in [2.24, 2.45) is 7.05 Å². The third-order valence-corrected chi connectivity index (χ3v) is 2.82. The van der Waals surface area contributed by atoms with Crippen molar-refractivity contribution in [1.29, 1.82) is 0 Å². The minimum atomic E-state index is -0.114. The topological polar surface area (TPSA) is 59.8 Å². The zero-order valence-electron chi connectivity index (χ0n) is 10.7. The van der Waals surface area contributed by atoms with E-state index in [0.717, 1.165) is 11.3 Å². The van der Waals surface area contributed by atoms with Crippen molar-refractivity contribution in [1.82, 2.24) is 20.1 Å². The van der Waals surface area contributed by atoms with Crippen molar-refractivity contribution in [3.63, 3.8) is 0 Å². The number of carbonyl (C=O) groups is 1. The van der Waals surface area contributed by atoms with Crippen LogP contribution in [0.15, 0.2) is 30.7 Å². The molecule has 1 unspecified atom stereocenters. The van der Waals surface area contributed by atoms with Crippen LogP contribution < -0.4 is 5.32 Å². The molecule has 5 nitrogen and oxygen atoms in total. The fraction of sp³-hybridized carbons (Fsp3) is 0.308. The van der Waals surface area contributed by atoms with E-state index in [1.165, 1.54) is 0 Å². The second-order valence-electron chi connectivity index (χ2n) is 4.28. The van der Waals surface area contributed by atoms with Gasteiger partial charge in [0.05, 0.1) is 17.8 Å². The molecule has 2 aromatic rings. The van der Waals surface area contributed by atoms with Crippen LogP contribution in [-0.4, -0.2) is 20.7 Å². The van der Waals surface area contributed by atoms with Gasteiger partial charge in [0.15, 0.2) is 0 Å². The third kappa shape index (κ3) is 2.56. The summed E-state index contributed by atoms with van der Waals surface area (Å²) >= 11 is 0. The van der Waals surface area contributed by atoms with Gasteiger partial charge >= 0.3 is 0 Å². The molecule has 0 aliphatic heterocycles. The highest BCUT2D eigenvalue weighted by atomic mass is 16.1. The molecule has 1 N–H and O–H groups in total. The molecule has 5 heteroatoms. The SMILES string of the molecule is Cc1ncccc1C(=O)NC(C)c1cnn(C)c1. The maximum absolute atomic E-state index is 12.1. The summed E-state index contributed by atoms with van der Waals surface area (Å²) in [6.45, 7) is 3.75. The maximum atomic E-state index is 12.1. The van der Waals surface area contributed by atoms with Gasteiger partial charge in [-0.25, -0.2) is 0 Å². The van der Waals surface area contributed by atoms with Crippen LogP contribution in [0, 0.1) is 6.92 Å². The van der Waals surface area contributed by atoms with Gasteiger partial charge in [0.1, 0.15) is 0 Å². The van der Waals surface area contributed by atoms with E-state index in [-0.39, 0.29) is 11.9 Å². The number of hydrogen-bond donors (Lipinski definition) is 1. The van der Waals surface area contributed by atoms with E-state index in [0.29, 0.717) is 5.56 Å². The first-order valence-electron chi connectivity index (χ1n) is 5.79. The third-order valence-electron chi connectivity index (χ3n) is 2.82. The highest BCUT2D eigenvalue weighted by molar-refractivity contribution is 5.95. The van der Waals surface area contributed by atoms with Gasteiger partial charge in [-0.3, -0.25) is 14.5 Å². The van der Waals surface area contributed by atoms with Gasteiger partial charge in [0.25, 0.3) is 5.91 Å². The first kappa shape index (κ1) is 12.3. The van der Waals surface area contributed by atoms with Crippen molar-refractivity contribution in [3.8, 4) is 0 Å². The van der Waals surface area contributed by atoms with Crippen molar-refractivity contribution in [2.75, 3.05) is 0 Å². The van der Waals surface area contributed by atoms with Crippen molar-refractivity contribution >= 4 is 5.91 Å². The number of nitrogens with one attached hydrogen (secondary N) is 1. The van der Waals surface area contributed by atoms with E-state index in [2.05, 4.69) is 15.4 Å². The van der Waals surface area contributed by atoms with Crippen LogP contribution in [0.25, 0.3) is 0 Å². The maximum Gasteiger partial charge on any atom is 0.253 e. The van der Waals surface area contributed by atoms with Crippen LogP contribution >= 0.6 is 0 Å². The smallest absolute Gasteiger partial charge is 0.253 e. The first-order valence-corrected chi connectivity index (χ1v) is 5.79. The molecule has 0 radical (unpaired) electrons. The van der Waals surface area contributed by atoms with Crippen LogP contribution in [-0.2, 0) is 7.05 Å². The van der Waals surface area contributed by atoms with Gasteiger partial charge in [-0.1, -0.05) is 0 Å². The highest BCUT2D eigenvalue weighted by Gasteiger charge is 2.14. The number of carbonyl (C=O) groups excluding carboxylic acids is 1. The van der Waals surface area contributed by atoms with Gasteiger partial charge in [0, 0.05) is 30.7 Å². The van der Waals surface area contributed by atoms with Crippen molar-refractivity contribution < 1.29 is 4.79 Å². The molecule has 1 atom stereocenters. The van der Waals surface area contributed by atoms with Crippen molar-refractivity contribution in [3.05, 3.63) is 47.5 Å². The van der Waals surface area contributed by atoms with Gasteiger partial charge in [-0.05, 0) is 26.0 Å². The van der Waals surface area contributed by atoms with Crippen LogP contribution in [0.5, 0.6) is 0 Å². The summed E-state index contributed by atoms with van der Waals surface area (Å²) in [5.41, 5.74) is 2.31. The fourth-order valence-electron chi connectivity index (χ4n) is 1.75. The molecule has 0 bridgehead atoms. The number of nitrogens with zero attached hydrogens (tertiary/aromatic N) is 3. The average molecular weight is 244 g/mol. The van der Waals surface area contributed by atoms with Crippen LogP contribution in [0.3, 0.4) is 0 Å². The zero-order valence-corrected chi connectivity index (χ0v) is 10.7. The summed E-state index contributed by atoms with van der Waals surface area (Å²) in [6, 6.07) is 3.45. The van der Waals surface area contributed by atoms with Gasteiger partial charge in [0.2, 0.25) is 0 Å². The summed E-state index contributed by atoms with van der Waals surface area (Å²) in [5.74, 6) is -0.114. The molecule has 0 aromatic carbocycles. The van der Waals surface area contributed by atoms with Crippen LogP contribution in [0.4, 0.5) is 0 Å². The Bertz CT molecular complexity index is 562. The number of hydrogen-bond acceptors (Lipinski definition) is 3. The molecular formula is C13H16N4O. The first-order chi connectivity index (χ1) is 8.58. The lowest BCUT2D eigenvalue weighted by atomic mass is 10.1. The molecule has 0 saturated heterocycles. The van der Waals surface area contributed by atoms with E-state index in [4.69, 9.17) is 0 Å². The Morgan fingerprint density at radius 2 is 2.28 bits per heavy atom. The molecule has 2 heterocycles. The number of amides is 1. The molecule has 0 aliphatic rings. The number of aryl methyl sites for hydroxylation is 2. The largest absolute Gasteiger partial charge is 0.345 e. The van der Waals surface area contributed by atoms with Crippen molar-refractivity contribution in [2.45, 2.75) is 19.9 Å². The summed E-state index contributed by atoms with van der Waals surface area (Å²) < 4.78 is 1.72. The molecule has 18 heavy (non-hydrogen) atoms. The number of aromatic nitrogens is 3. The molecule has 0 fully saturated rings. The quantitative estimate of drug-likeness (QED) is 0.892. The Labute approximate surface area is 106 Å². The predicted octanol–water partition coefficient (Wildman–Crippen LogP) is 1.61. The van der Waals surface area contributed by atoms with Gasteiger partial charge < -0.3 is 5.32 Å². The van der Waals surface area contributed by atoms with Crippen LogP contribution in [0.1, 0.15) is 34.6 Å². The molecule has 94 valence electrons. The lowest BCUT2D eigenvalue weighted by molar-refractivity contribution is 0.0939. The van der Waals surface area contributed by atoms with E-state index in [1.54, 1.807) is 29.2 Å². The zero-order chi connectivity index (χ0) is 13.1. The summed E-state index contributed by atoms with van der Waals surface area (Å²) in [7, 11) is 1.85. The Kier molecular flexibility index (Phi) is 3.41. The monoisotopic (exact) mass is 244 g/mol. The molecule has 2 aromatic heterocycles. The lowest BCUT2D eigenvalue weighted by Gasteiger charge is -2.12. The minimum Gasteiger partial charge on any atom is -0.345 e. The van der Waals surface area contributed by atoms with Gasteiger partial charge in [-0.2, -0.15) is 5.10 Å². The van der Waals surface area contributed by atoms with Crippen LogP contribution in [0.2, 0.25) is 0 Å². The minimum absolute atomic E-state index is 0.0780. The lowest BCUT2D eigenvalue weighted by Crippen LogP contribution is -2.27.